The number of nitrogens with zero attached hydrogens (tertiary/aromatic N) is 2. The van der Waals surface area contributed by atoms with Gasteiger partial charge in [-0.2, -0.15) is 0 Å². The third-order valence-corrected chi connectivity index (χ3v) is 8.35. The molecule has 0 bridgehead atoms. The number of urea groups is 1. The van der Waals surface area contributed by atoms with Gasteiger partial charge < -0.3 is 19.5 Å². The van der Waals surface area contributed by atoms with Gasteiger partial charge in [-0.3, -0.25) is 19.3 Å². The molecule has 1 saturated heterocycles. The second-order valence-corrected chi connectivity index (χ2v) is 11.9. The maximum absolute atomic E-state index is 14.1. The number of benzene rings is 3. The van der Waals surface area contributed by atoms with Crippen molar-refractivity contribution in [2.75, 3.05) is 25.6 Å². The Morgan fingerprint density at radius 2 is 1.55 bits per heavy atom. The number of carbonyl (C=O) groups is 5. The number of hydrogen-bond donors (Lipinski definition) is 1. The number of ketones is 1. The van der Waals surface area contributed by atoms with Crippen LogP contribution in [0.25, 0.3) is 0 Å². The van der Waals surface area contributed by atoms with Gasteiger partial charge in [0.15, 0.2) is 11.8 Å². The molecule has 1 aliphatic heterocycles. The normalized spacial score (nSPS) is 14.9. The molecule has 0 radical (unpaired) electrons. The predicted octanol–water partition coefficient (Wildman–Crippen LogP) is 6.88. The molecule has 2 atom stereocenters. The van der Waals surface area contributed by atoms with Crippen molar-refractivity contribution in [3.8, 4) is 5.75 Å². The average molecular weight is 692 g/mol. The maximum atomic E-state index is 14.1. The first-order chi connectivity index (χ1) is 23.7. The van der Waals surface area contributed by atoms with Crippen molar-refractivity contribution in [1.29, 1.82) is 0 Å². The van der Waals surface area contributed by atoms with Crippen molar-refractivity contribution in [3.05, 3.63) is 94.5 Å². The van der Waals surface area contributed by atoms with E-state index >= 15 is 0 Å². The number of hydrogen-bond acceptors (Lipinski definition) is 8. The van der Waals surface area contributed by atoms with Crippen molar-refractivity contribution in [3.63, 3.8) is 0 Å². The second kappa shape index (κ2) is 18.1. The summed E-state index contributed by atoms with van der Waals surface area (Å²) in [6.07, 6.45) is 4.82. The van der Waals surface area contributed by atoms with Gasteiger partial charge in [-0.25, -0.2) is 14.5 Å². The molecule has 4 amide bonds. The summed E-state index contributed by atoms with van der Waals surface area (Å²) in [5.41, 5.74) is 0.885. The molecule has 1 aliphatic rings. The molecule has 1 fully saturated rings. The predicted molar refractivity (Wildman–Crippen MR) is 184 cm³/mol. The highest BCUT2D eigenvalue weighted by Crippen LogP contribution is 2.29. The molecule has 4 rings (SSSR count). The Balaban J connectivity index is 1.61. The zero-order valence-electron chi connectivity index (χ0n) is 28.0. The molecule has 260 valence electrons. The minimum atomic E-state index is -1.95. The van der Waals surface area contributed by atoms with Crippen LogP contribution in [0, 0.1) is 0 Å². The van der Waals surface area contributed by atoms with Gasteiger partial charge in [0.25, 0.3) is 11.8 Å². The first-order valence-corrected chi connectivity index (χ1v) is 16.8. The monoisotopic (exact) mass is 691 g/mol. The van der Waals surface area contributed by atoms with Crippen LogP contribution in [0.3, 0.4) is 0 Å². The van der Waals surface area contributed by atoms with Crippen LogP contribution in [0.15, 0.2) is 72.8 Å². The number of ether oxygens (including phenoxy) is 3. The number of nitrogens with one attached hydrogen (secondary N) is 1. The van der Waals surface area contributed by atoms with Crippen molar-refractivity contribution in [1.82, 2.24) is 9.80 Å². The summed E-state index contributed by atoms with van der Waals surface area (Å²) < 4.78 is 16.3. The van der Waals surface area contributed by atoms with Crippen molar-refractivity contribution in [2.24, 2.45) is 0 Å². The molecule has 0 aromatic heterocycles. The van der Waals surface area contributed by atoms with Crippen LogP contribution in [0.2, 0.25) is 5.02 Å². The molecular weight excluding hydrogens is 650 g/mol. The molecule has 0 spiro atoms. The van der Waals surface area contributed by atoms with E-state index in [9.17, 15) is 24.0 Å². The lowest BCUT2D eigenvalue weighted by Gasteiger charge is -2.25. The van der Waals surface area contributed by atoms with Gasteiger partial charge in [-0.15, -0.1) is 0 Å². The number of carbonyl (C=O) groups excluding carboxylic acids is 5. The number of anilines is 1. The molecule has 1 N–H and O–H groups in total. The SMILES string of the molecule is CCCCCCCCOC(=O)c1ccc(Cl)c(NC(=O)C(C(=O)c2ccc(OC)cc2)N2C(=O)C(OCC)N(Cc3ccccc3)C2=O)c1. The molecule has 3 aromatic carbocycles. The van der Waals surface area contributed by atoms with Crippen LogP contribution in [-0.2, 0) is 25.6 Å². The number of unbranched alkanes of at least 4 members (excludes halogenated alkanes) is 5. The Hall–Kier alpha value is -4.74. The second-order valence-electron chi connectivity index (χ2n) is 11.5. The molecule has 11 nitrogen and oxygen atoms in total. The van der Waals surface area contributed by atoms with E-state index in [0.717, 1.165) is 32.1 Å². The van der Waals surface area contributed by atoms with Gasteiger partial charge in [0, 0.05) is 12.2 Å². The maximum Gasteiger partial charge on any atom is 0.338 e. The number of Topliss-reactive ketones (excluding diaryl/α,β-unsaturated/α-hetero) is 1. The van der Waals surface area contributed by atoms with Crippen molar-refractivity contribution < 1.29 is 38.2 Å². The fourth-order valence-corrected chi connectivity index (χ4v) is 5.58. The van der Waals surface area contributed by atoms with E-state index in [0.29, 0.717) is 16.2 Å². The highest BCUT2D eigenvalue weighted by molar-refractivity contribution is 6.34. The summed E-state index contributed by atoms with van der Waals surface area (Å²) in [5.74, 6) is -2.86. The Morgan fingerprint density at radius 3 is 2.22 bits per heavy atom. The topological polar surface area (TPSA) is 132 Å². The molecule has 1 heterocycles. The highest BCUT2D eigenvalue weighted by Gasteiger charge is 2.53. The summed E-state index contributed by atoms with van der Waals surface area (Å²) in [5, 5.41) is 2.64. The molecule has 0 aliphatic carbocycles. The Morgan fingerprint density at radius 1 is 0.878 bits per heavy atom. The number of amides is 4. The summed E-state index contributed by atoms with van der Waals surface area (Å²) in [6.45, 7) is 4.14. The Labute approximate surface area is 291 Å². The van der Waals surface area contributed by atoms with E-state index in [2.05, 4.69) is 12.2 Å². The number of imide groups is 1. The first-order valence-electron chi connectivity index (χ1n) is 16.4. The third kappa shape index (κ3) is 9.45. The van der Waals surface area contributed by atoms with Gasteiger partial charge >= 0.3 is 12.0 Å². The fourth-order valence-electron chi connectivity index (χ4n) is 5.42. The number of halogens is 1. The summed E-state index contributed by atoms with van der Waals surface area (Å²) in [6, 6.07) is 16.2. The quantitative estimate of drug-likeness (QED) is 0.0502. The zero-order chi connectivity index (χ0) is 35.3. The van der Waals surface area contributed by atoms with E-state index < -0.39 is 41.9 Å². The van der Waals surface area contributed by atoms with E-state index in [1.165, 1.54) is 60.9 Å². The van der Waals surface area contributed by atoms with Crippen LogP contribution in [0.5, 0.6) is 5.75 Å². The van der Waals surface area contributed by atoms with E-state index in [-0.39, 0.29) is 41.6 Å². The lowest BCUT2D eigenvalue weighted by Crippen LogP contribution is -2.52. The van der Waals surface area contributed by atoms with Gasteiger partial charge in [0.1, 0.15) is 5.75 Å². The van der Waals surface area contributed by atoms with Crippen LogP contribution >= 0.6 is 11.6 Å². The smallest absolute Gasteiger partial charge is 0.338 e. The average Bonchev–Trinajstić information content (AvgIpc) is 3.33. The molecule has 2 unspecified atom stereocenters. The number of rotatable bonds is 18. The highest BCUT2D eigenvalue weighted by atomic mass is 35.5. The van der Waals surface area contributed by atoms with Crippen molar-refractivity contribution in [2.45, 2.75) is 71.2 Å². The minimum Gasteiger partial charge on any atom is -0.497 e. The lowest BCUT2D eigenvalue weighted by molar-refractivity contribution is -0.144. The third-order valence-electron chi connectivity index (χ3n) is 8.02. The molecule has 49 heavy (non-hydrogen) atoms. The van der Waals surface area contributed by atoms with Gasteiger partial charge in [-0.1, -0.05) is 81.0 Å². The van der Waals surface area contributed by atoms with E-state index in [4.69, 9.17) is 25.8 Å². The summed E-state index contributed by atoms with van der Waals surface area (Å²) >= 11 is 6.42. The van der Waals surface area contributed by atoms with E-state index in [1.54, 1.807) is 31.2 Å². The molecular formula is C37H42ClN3O8. The van der Waals surface area contributed by atoms with Crippen LogP contribution in [0.4, 0.5) is 10.5 Å². The Bertz CT molecular complexity index is 1620. The molecule has 12 heteroatoms. The van der Waals surface area contributed by atoms with Crippen molar-refractivity contribution >= 4 is 46.9 Å². The summed E-state index contributed by atoms with van der Waals surface area (Å²) in [4.78, 5) is 70.6. The lowest BCUT2D eigenvalue weighted by atomic mass is 10.0. The van der Waals surface area contributed by atoms with E-state index in [1.807, 2.05) is 6.07 Å². The summed E-state index contributed by atoms with van der Waals surface area (Å²) in [7, 11) is 1.46. The minimum absolute atomic E-state index is 0.00481. The van der Waals surface area contributed by atoms with Gasteiger partial charge in [0.05, 0.1) is 36.5 Å². The Kier molecular flexibility index (Phi) is 13.7. The number of esters is 1. The van der Waals surface area contributed by atoms with Crippen LogP contribution in [0.1, 0.15) is 78.7 Å². The van der Waals surface area contributed by atoms with Gasteiger partial charge in [0.2, 0.25) is 6.23 Å². The molecule has 3 aromatic rings. The largest absolute Gasteiger partial charge is 0.497 e. The number of methoxy groups -OCH3 is 1. The zero-order valence-corrected chi connectivity index (χ0v) is 28.7. The van der Waals surface area contributed by atoms with Crippen LogP contribution in [-0.4, -0.2) is 72.0 Å². The standard InChI is InChI=1S/C37H42ClN3O8/c1-4-6-7-8-9-13-22-49-36(45)27-18-21-29(38)30(23-27)39-33(43)31(32(42)26-16-19-28(47-3)20-17-26)41-34(44)35(48-5-2)40(37(41)46)24-25-14-11-10-12-15-25/h10-12,14-21,23,31,35H,4-9,13,22,24H2,1-3H3,(H,39,43). The van der Waals surface area contributed by atoms with Gasteiger partial charge in [-0.05, 0) is 61.4 Å². The first kappa shape index (κ1) is 37.1. The fraction of sp³-hybridized carbons (Fsp3) is 0.378. The molecule has 0 saturated carbocycles. The van der Waals surface area contributed by atoms with Crippen LogP contribution < -0.4 is 10.1 Å².